The lowest BCUT2D eigenvalue weighted by atomic mass is 9.97. The van der Waals surface area contributed by atoms with Gasteiger partial charge in [-0.3, -0.25) is 14.4 Å². The van der Waals surface area contributed by atoms with E-state index < -0.39 is 17.9 Å². The third-order valence-corrected chi connectivity index (χ3v) is 7.70. The fourth-order valence-corrected chi connectivity index (χ4v) is 5.54. The quantitative estimate of drug-likeness (QED) is 0.352. The van der Waals surface area contributed by atoms with Gasteiger partial charge in [-0.15, -0.1) is 21.5 Å². The van der Waals surface area contributed by atoms with Crippen LogP contribution >= 0.6 is 11.3 Å². The van der Waals surface area contributed by atoms with Crippen molar-refractivity contribution in [3.8, 4) is 5.00 Å². The van der Waals surface area contributed by atoms with Crippen LogP contribution in [-0.2, 0) is 4.79 Å². The lowest BCUT2D eigenvalue weighted by Gasteiger charge is -2.16. The van der Waals surface area contributed by atoms with E-state index in [0.29, 0.717) is 5.82 Å². The molecule has 6 nitrogen and oxygen atoms in total. The van der Waals surface area contributed by atoms with Gasteiger partial charge in [-0.2, -0.15) is 0 Å². The first kappa shape index (κ1) is 22.9. The number of thiophene rings is 1. The van der Waals surface area contributed by atoms with E-state index in [1.165, 1.54) is 4.88 Å². The van der Waals surface area contributed by atoms with Crippen LogP contribution in [0.5, 0.6) is 0 Å². The molecule has 176 valence electrons. The summed E-state index contributed by atoms with van der Waals surface area (Å²) in [6.07, 6.45) is 4.17. The Morgan fingerprint density at radius 3 is 2.31 bits per heavy atom. The molecule has 0 radical (unpaired) electrons. The second-order valence-electron chi connectivity index (χ2n) is 8.82. The molecule has 5 rings (SSSR count). The normalized spacial score (nSPS) is 15.9. The highest BCUT2D eigenvalue weighted by Gasteiger charge is 2.36. The molecule has 1 unspecified atom stereocenters. The van der Waals surface area contributed by atoms with Gasteiger partial charge in [-0.25, -0.2) is 0 Å². The van der Waals surface area contributed by atoms with Gasteiger partial charge in [0.1, 0.15) is 16.9 Å². The summed E-state index contributed by atoms with van der Waals surface area (Å²) in [7, 11) is 0. The summed E-state index contributed by atoms with van der Waals surface area (Å²) in [6.45, 7) is 7.77. The van der Waals surface area contributed by atoms with Crippen LogP contribution in [0.25, 0.3) is 17.2 Å². The molecular weight excluding hydrogens is 456 g/mol. The fourth-order valence-electron chi connectivity index (χ4n) is 4.33. The van der Waals surface area contributed by atoms with E-state index in [9.17, 15) is 9.90 Å². The second kappa shape index (κ2) is 9.07. The van der Waals surface area contributed by atoms with Crippen molar-refractivity contribution in [2.24, 2.45) is 10.9 Å². The van der Waals surface area contributed by atoms with Gasteiger partial charge in [-0.05, 0) is 44.4 Å². The first-order chi connectivity index (χ1) is 16.8. The maximum Gasteiger partial charge on any atom is 0.308 e. The van der Waals surface area contributed by atoms with Crippen molar-refractivity contribution in [2.75, 3.05) is 0 Å². The number of hydrogen-bond acceptors (Lipinski definition) is 5. The van der Waals surface area contributed by atoms with Crippen molar-refractivity contribution in [3.05, 3.63) is 98.9 Å². The average molecular weight is 483 g/mol. The third kappa shape index (κ3) is 4.12. The fraction of sp³-hybridized carbons (Fsp3) is 0.214. The molecule has 3 heterocycles. The Labute approximate surface area is 208 Å². The molecule has 0 fully saturated rings. The van der Waals surface area contributed by atoms with Crippen LogP contribution < -0.4 is 0 Å². The van der Waals surface area contributed by atoms with Crippen LogP contribution in [0.15, 0.2) is 59.6 Å². The van der Waals surface area contributed by atoms with Crippen LogP contribution in [0.1, 0.15) is 57.3 Å². The van der Waals surface area contributed by atoms with Gasteiger partial charge in [0.05, 0.1) is 11.6 Å². The van der Waals surface area contributed by atoms with Gasteiger partial charge in [0.25, 0.3) is 0 Å². The van der Waals surface area contributed by atoms with Crippen molar-refractivity contribution in [2.45, 2.75) is 33.7 Å². The number of carboxylic acids is 1. The van der Waals surface area contributed by atoms with Gasteiger partial charge in [0.2, 0.25) is 0 Å². The molecule has 2 aromatic carbocycles. The van der Waals surface area contributed by atoms with Gasteiger partial charge in [0, 0.05) is 16.0 Å². The van der Waals surface area contributed by atoms with Gasteiger partial charge in [-0.1, -0.05) is 66.7 Å². The smallest absolute Gasteiger partial charge is 0.308 e. The summed E-state index contributed by atoms with van der Waals surface area (Å²) >= 11 is 1.66. The molecule has 2 atom stereocenters. The molecule has 4 aromatic rings. The van der Waals surface area contributed by atoms with Crippen LogP contribution in [0, 0.1) is 26.7 Å². The summed E-state index contributed by atoms with van der Waals surface area (Å²) in [5.74, 6) is -0.374. The Bertz CT molecular complexity index is 1460. The molecule has 7 heteroatoms. The predicted octanol–water partition coefficient (Wildman–Crippen LogP) is 6.04. The van der Waals surface area contributed by atoms with E-state index in [0.717, 1.165) is 44.4 Å². The molecule has 0 aliphatic carbocycles. The Kier molecular flexibility index (Phi) is 5.94. The van der Waals surface area contributed by atoms with Crippen LogP contribution in [0.2, 0.25) is 0 Å². The second-order valence-corrected chi connectivity index (χ2v) is 10.0. The molecule has 1 N–H and O–H groups in total. The number of fused-ring (bicyclic) bond motifs is 3. The van der Waals surface area contributed by atoms with E-state index in [1.807, 2.05) is 29.7 Å². The van der Waals surface area contributed by atoms with Crippen molar-refractivity contribution < 1.29 is 9.90 Å². The maximum atomic E-state index is 12.0. The number of aryl methyl sites for hydroxylation is 2. The maximum absolute atomic E-state index is 12.0. The largest absolute Gasteiger partial charge is 0.481 e. The van der Waals surface area contributed by atoms with Crippen molar-refractivity contribution in [1.82, 2.24) is 14.8 Å². The Balaban J connectivity index is 1.63. The Morgan fingerprint density at radius 1 is 1.00 bits per heavy atom. The van der Waals surface area contributed by atoms with Crippen molar-refractivity contribution >= 4 is 35.2 Å². The number of carboxylic acid groups (broad SMARTS) is 1. The van der Waals surface area contributed by atoms with Crippen LogP contribution in [0.3, 0.4) is 0 Å². The van der Waals surface area contributed by atoms with Gasteiger partial charge >= 0.3 is 5.97 Å². The predicted molar refractivity (Wildman–Crippen MR) is 140 cm³/mol. The number of carbonyl (C=O) groups is 1. The average Bonchev–Trinajstić information content (AvgIpc) is 3.33. The lowest BCUT2D eigenvalue weighted by molar-refractivity contribution is -0.141. The first-order valence-corrected chi connectivity index (χ1v) is 12.3. The highest BCUT2D eigenvalue weighted by molar-refractivity contribution is 7.15. The van der Waals surface area contributed by atoms with Crippen molar-refractivity contribution in [3.63, 3.8) is 0 Å². The Hall–Kier alpha value is -3.84. The Morgan fingerprint density at radius 2 is 1.66 bits per heavy atom. The first-order valence-electron chi connectivity index (χ1n) is 11.5. The highest BCUT2D eigenvalue weighted by Crippen LogP contribution is 2.40. The molecule has 1 aliphatic rings. The third-order valence-electron chi connectivity index (χ3n) is 6.50. The molecule has 0 amide bonds. The number of aromatic nitrogens is 3. The molecule has 2 aromatic heterocycles. The summed E-state index contributed by atoms with van der Waals surface area (Å²) in [5, 5.41) is 19.5. The zero-order chi connectivity index (χ0) is 24.7. The highest BCUT2D eigenvalue weighted by atomic mass is 32.1. The van der Waals surface area contributed by atoms with E-state index >= 15 is 0 Å². The molecule has 0 bridgehead atoms. The number of benzene rings is 2. The van der Waals surface area contributed by atoms with Gasteiger partial charge < -0.3 is 5.11 Å². The number of aliphatic imine (C=N–C) groups is 1. The summed E-state index contributed by atoms with van der Waals surface area (Å²) in [5.41, 5.74) is 6.12. The SMILES string of the molecule is Cc1sc2c(c1C)C(c1ccc(C=Cc3ccccc3)cc1)=NC([C@H](C)C(=O)O)c1nnc(C)n1-2. The zero-order valence-electron chi connectivity index (χ0n) is 20.1. The van der Waals surface area contributed by atoms with E-state index in [1.54, 1.807) is 18.3 Å². The standard InChI is InChI=1S/C28H26N4O2S/c1-16-18(3)35-27-23(16)25(29-24(17(2)28(33)34)26-31-30-19(4)32(26)27)22-14-12-21(13-15-22)11-10-20-8-6-5-7-9-20/h5-15,17,24H,1-4H3,(H,33,34)/t17-,24?/m0/s1. The molecule has 1 aliphatic heterocycles. The minimum atomic E-state index is -0.912. The molecule has 0 saturated carbocycles. The molecule has 35 heavy (non-hydrogen) atoms. The minimum Gasteiger partial charge on any atom is -0.481 e. The lowest BCUT2D eigenvalue weighted by Crippen LogP contribution is -2.21. The number of hydrogen-bond donors (Lipinski definition) is 1. The van der Waals surface area contributed by atoms with E-state index in [2.05, 4.69) is 72.6 Å². The van der Waals surface area contributed by atoms with Crippen LogP contribution in [-0.4, -0.2) is 31.6 Å². The summed E-state index contributed by atoms with van der Waals surface area (Å²) in [6, 6.07) is 17.8. The van der Waals surface area contributed by atoms with Crippen molar-refractivity contribution in [1.29, 1.82) is 0 Å². The van der Waals surface area contributed by atoms with Crippen LogP contribution in [0.4, 0.5) is 0 Å². The molecular formula is C28H26N4O2S. The molecule has 0 saturated heterocycles. The van der Waals surface area contributed by atoms with Gasteiger partial charge in [0.15, 0.2) is 5.82 Å². The number of aliphatic carboxylic acids is 1. The van der Waals surface area contributed by atoms with E-state index in [4.69, 9.17) is 4.99 Å². The number of rotatable bonds is 5. The zero-order valence-corrected chi connectivity index (χ0v) is 20.9. The monoisotopic (exact) mass is 482 g/mol. The number of nitrogens with zero attached hydrogens (tertiary/aromatic N) is 4. The summed E-state index contributed by atoms with van der Waals surface area (Å²) in [4.78, 5) is 18.3. The van der Waals surface area contributed by atoms with E-state index in [-0.39, 0.29) is 0 Å². The molecule has 0 spiro atoms. The topological polar surface area (TPSA) is 80.4 Å². The minimum absolute atomic E-state index is 0.567. The summed E-state index contributed by atoms with van der Waals surface area (Å²) < 4.78 is 1.98.